The van der Waals surface area contributed by atoms with Crippen LogP contribution < -0.4 is 0 Å². The minimum absolute atomic E-state index is 0.151. The van der Waals surface area contributed by atoms with Gasteiger partial charge in [-0.15, -0.1) is 0 Å². The van der Waals surface area contributed by atoms with E-state index in [2.05, 4.69) is 13.8 Å². The van der Waals surface area contributed by atoms with Crippen LogP contribution in [-0.4, -0.2) is 28.9 Å². The average Bonchev–Trinajstić information content (AvgIpc) is 2.73. The minimum atomic E-state index is -1.00. The smallest absolute Gasteiger partial charge is 0.339 e. The molecule has 0 atom stereocenters. The molecule has 1 aliphatic rings. The Labute approximate surface area is 131 Å². The summed E-state index contributed by atoms with van der Waals surface area (Å²) >= 11 is 0. The van der Waals surface area contributed by atoms with Crippen molar-refractivity contribution in [1.82, 2.24) is 4.90 Å². The Balaban J connectivity index is 2.08. The van der Waals surface area contributed by atoms with E-state index in [9.17, 15) is 9.59 Å². The highest BCUT2D eigenvalue weighted by Crippen LogP contribution is 2.47. The lowest BCUT2D eigenvalue weighted by Crippen LogP contribution is -2.46. The third-order valence-corrected chi connectivity index (χ3v) is 4.50. The van der Waals surface area contributed by atoms with Crippen LogP contribution in [0.15, 0.2) is 10.5 Å². The summed E-state index contributed by atoms with van der Waals surface area (Å²) in [6.45, 7) is 6.22. The number of amides is 1. The first-order valence-corrected chi connectivity index (χ1v) is 7.83. The quantitative estimate of drug-likeness (QED) is 0.873. The Bertz CT molecular complexity index is 569. The van der Waals surface area contributed by atoms with Crippen LogP contribution in [0, 0.1) is 18.3 Å². The van der Waals surface area contributed by atoms with Crippen molar-refractivity contribution in [3.63, 3.8) is 0 Å². The SMILES string of the molecule is Cc1oc(CN(C)C(=O)C2(CC(C)C)CCC2)cc1C(=O)O. The second kappa shape index (κ2) is 6.15. The van der Waals surface area contributed by atoms with Crippen molar-refractivity contribution in [3.05, 3.63) is 23.2 Å². The van der Waals surface area contributed by atoms with E-state index in [1.54, 1.807) is 18.9 Å². The topological polar surface area (TPSA) is 70.8 Å². The third kappa shape index (κ3) is 3.18. The van der Waals surface area contributed by atoms with Gasteiger partial charge in [-0.1, -0.05) is 20.3 Å². The number of furan rings is 1. The molecule has 0 unspecified atom stereocenters. The van der Waals surface area contributed by atoms with Crippen LogP contribution in [0.1, 0.15) is 61.4 Å². The van der Waals surface area contributed by atoms with Gasteiger partial charge in [0, 0.05) is 12.5 Å². The summed E-state index contributed by atoms with van der Waals surface area (Å²) in [5, 5.41) is 9.06. The second-order valence-electron chi connectivity index (χ2n) is 6.88. The van der Waals surface area contributed by atoms with Gasteiger partial charge in [-0.2, -0.15) is 0 Å². The number of carbonyl (C=O) groups is 2. The molecule has 0 bridgehead atoms. The molecule has 0 aliphatic heterocycles. The van der Waals surface area contributed by atoms with Gasteiger partial charge >= 0.3 is 5.97 Å². The maximum atomic E-state index is 12.8. The van der Waals surface area contributed by atoms with E-state index in [1.807, 2.05) is 0 Å². The highest BCUT2D eigenvalue weighted by molar-refractivity contribution is 5.89. The van der Waals surface area contributed by atoms with Crippen molar-refractivity contribution >= 4 is 11.9 Å². The van der Waals surface area contributed by atoms with E-state index in [-0.39, 0.29) is 16.9 Å². The largest absolute Gasteiger partial charge is 0.478 e. The summed E-state index contributed by atoms with van der Waals surface area (Å²) in [5.74, 6) is 0.533. The van der Waals surface area contributed by atoms with Crippen molar-refractivity contribution in [2.75, 3.05) is 7.05 Å². The molecule has 2 rings (SSSR count). The Kier molecular flexibility index (Phi) is 4.63. The summed E-state index contributed by atoms with van der Waals surface area (Å²) in [7, 11) is 1.76. The van der Waals surface area contributed by atoms with Crippen LogP contribution in [0.4, 0.5) is 0 Å². The lowest BCUT2D eigenvalue weighted by atomic mass is 9.63. The van der Waals surface area contributed by atoms with Gasteiger partial charge in [0.1, 0.15) is 17.1 Å². The molecule has 1 aromatic heterocycles. The van der Waals surface area contributed by atoms with Crippen LogP contribution in [0.25, 0.3) is 0 Å². The Morgan fingerprint density at radius 1 is 1.41 bits per heavy atom. The lowest BCUT2D eigenvalue weighted by molar-refractivity contribution is -0.148. The van der Waals surface area contributed by atoms with Gasteiger partial charge in [-0.05, 0) is 38.2 Å². The monoisotopic (exact) mass is 307 g/mol. The number of aromatic carboxylic acids is 1. The van der Waals surface area contributed by atoms with E-state index in [1.165, 1.54) is 6.07 Å². The molecular weight excluding hydrogens is 282 g/mol. The van der Waals surface area contributed by atoms with Gasteiger partial charge < -0.3 is 14.4 Å². The Morgan fingerprint density at radius 2 is 2.05 bits per heavy atom. The molecule has 0 spiro atoms. The zero-order valence-corrected chi connectivity index (χ0v) is 13.8. The van der Waals surface area contributed by atoms with Gasteiger partial charge in [-0.25, -0.2) is 4.79 Å². The van der Waals surface area contributed by atoms with Crippen molar-refractivity contribution in [1.29, 1.82) is 0 Å². The van der Waals surface area contributed by atoms with Crippen LogP contribution in [0.2, 0.25) is 0 Å². The molecule has 1 fully saturated rings. The molecule has 1 N–H and O–H groups in total. The van der Waals surface area contributed by atoms with Crippen LogP contribution in [0.3, 0.4) is 0 Å². The molecule has 122 valence electrons. The van der Waals surface area contributed by atoms with E-state index in [4.69, 9.17) is 9.52 Å². The molecule has 1 heterocycles. The normalized spacial score (nSPS) is 16.4. The minimum Gasteiger partial charge on any atom is -0.478 e. The van der Waals surface area contributed by atoms with Crippen molar-refractivity contribution in [2.24, 2.45) is 11.3 Å². The summed E-state index contributed by atoms with van der Waals surface area (Å²) in [5.41, 5.74) is -0.0587. The number of nitrogens with zero attached hydrogens (tertiary/aromatic N) is 1. The Hall–Kier alpha value is -1.78. The molecule has 0 aromatic carbocycles. The molecular formula is C17H25NO4. The van der Waals surface area contributed by atoms with Crippen LogP contribution in [-0.2, 0) is 11.3 Å². The molecule has 1 aliphatic carbocycles. The van der Waals surface area contributed by atoms with Gasteiger partial charge in [0.2, 0.25) is 5.91 Å². The summed E-state index contributed by atoms with van der Waals surface area (Å²) in [6, 6.07) is 1.51. The number of carboxylic acid groups (broad SMARTS) is 1. The molecule has 1 saturated carbocycles. The number of hydrogen-bond donors (Lipinski definition) is 1. The van der Waals surface area contributed by atoms with Crippen LogP contribution in [0.5, 0.6) is 0 Å². The zero-order valence-electron chi connectivity index (χ0n) is 13.8. The first-order valence-electron chi connectivity index (χ1n) is 7.83. The van der Waals surface area contributed by atoms with E-state index in [0.29, 0.717) is 24.0 Å². The van der Waals surface area contributed by atoms with Gasteiger partial charge in [0.05, 0.1) is 6.54 Å². The molecule has 0 saturated heterocycles. The average molecular weight is 307 g/mol. The first kappa shape index (κ1) is 16.6. The van der Waals surface area contributed by atoms with Gasteiger partial charge in [-0.3, -0.25) is 4.79 Å². The highest BCUT2D eigenvalue weighted by Gasteiger charge is 2.45. The zero-order chi connectivity index (χ0) is 16.5. The Morgan fingerprint density at radius 3 is 2.45 bits per heavy atom. The first-order chi connectivity index (χ1) is 10.2. The molecule has 1 aromatic rings. The summed E-state index contributed by atoms with van der Waals surface area (Å²) in [6.07, 6.45) is 3.92. The van der Waals surface area contributed by atoms with Gasteiger partial charge in [0.15, 0.2) is 0 Å². The fraction of sp³-hybridized carbons (Fsp3) is 0.647. The molecule has 1 amide bonds. The van der Waals surface area contributed by atoms with E-state index in [0.717, 1.165) is 25.7 Å². The molecule has 0 radical (unpaired) electrons. The van der Waals surface area contributed by atoms with Crippen LogP contribution >= 0.6 is 0 Å². The third-order valence-electron chi connectivity index (χ3n) is 4.50. The standard InChI is InChI=1S/C17H25NO4/c1-11(2)9-17(6-5-7-17)16(21)18(4)10-13-8-14(15(19)20)12(3)22-13/h8,11H,5-7,9-10H2,1-4H3,(H,19,20). The number of aryl methyl sites for hydroxylation is 1. The molecule has 22 heavy (non-hydrogen) atoms. The van der Waals surface area contributed by atoms with Crippen molar-refractivity contribution < 1.29 is 19.1 Å². The number of carboxylic acids is 1. The fourth-order valence-electron chi connectivity index (χ4n) is 3.43. The maximum absolute atomic E-state index is 12.8. The van der Waals surface area contributed by atoms with Crippen molar-refractivity contribution in [2.45, 2.75) is 53.0 Å². The lowest BCUT2D eigenvalue weighted by Gasteiger charge is -2.43. The van der Waals surface area contributed by atoms with Crippen molar-refractivity contribution in [3.8, 4) is 0 Å². The predicted octanol–water partition coefficient (Wildman–Crippen LogP) is 3.46. The highest BCUT2D eigenvalue weighted by atomic mass is 16.4. The second-order valence-corrected chi connectivity index (χ2v) is 6.88. The maximum Gasteiger partial charge on any atom is 0.339 e. The van der Waals surface area contributed by atoms with E-state index < -0.39 is 5.97 Å². The summed E-state index contributed by atoms with van der Waals surface area (Å²) < 4.78 is 5.47. The fourth-order valence-corrected chi connectivity index (χ4v) is 3.43. The number of carbonyl (C=O) groups excluding carboxylic acids is 1. The number of hydrogen-bond acceptors (Lipinski definition) is 3. The van der Waals surface area contributed by atoms with Gasteiger partial charge in [0.25, 0.3) is 0 Å². The predicted molar refractivity (Wildman–Crippen MR) is 82.6 cm³/mol. The molecule has 5 nitrogen and oxygen atoms in total. The number of rotatable bonds is 6. The summed E-state index contributed by atoms with van der Waals surface area (Å²) in [4.78, 5) is 25.5. The molecule has 5 heteroatoms. The van der Waals surface area contributed by atoms with E-state index >= 15 is 0 Å².